The van der Waals surface area contributed by atoms with Crippen LogP contribution in [0.4, 0.5) is 5.69 Å². The Morgan fingerprint density at radius 1 is 1.20 bits per heavy atom. The van der Waals surface area contributed by atoms with Gasteiger partial charge in [0.1, 0.15) is 5.75 Å². The molecule has 1 aromatic rings. The fourth-order valence-electron chi connectivity index (χ4n) is 1.61. The monoisotopic (exact) mass is 318 g/mol. The Bertz CT molecular complexity index is 505. The van der Waals surface area contributed by atoms with Crippen molar-refractivity contribution in [2.24, 2.45) is 0 Å². The zero-order chi connectivity index (χ0) is 15.2. The van der Waals surface area contributed by atoms with Crippen LogP contribution in [0.1, 0.15) is 12.8 Å². The molecule has 0 saturated carbocycles. The zero-order valence-corrected chi connectivity index (χ0v) is 14.9. The topological polar surface area (TPSA) is 70.1 Å². The normalized spacial score (nSPS) is 11.8. The van der Waals surface area contributed by atoms with Crippen LogP contribution < -0.4 is 9.04 Å². The lowest BCUT2D eigenvalue weighted by Gasteiger charge is -2.15. The second-order valence-electron chi connectivity index (χ2n) is 4.80. The molecule has 0 radical (unpaired) electrons. The molecule has 0 aliphatic heterocycles. The van der Waals surface area contributed by atoms with Crippen LogP contribution in [0, 0.1) is 0 Å². The first-order valence-corrected chi connectivity index (χ1v) is 8.69. The van der Waals surface area contributed by atoms with Gasteiger partial charge < -0.3 is 9.30 Å². The number of ether oxygens (including phenoxy) is 1. The van der Waals surface area contributed by atoms with Gasteiger partial charge in [-0.15, -0.1) is 0 Å². The molecule has 0 aliphatic carbocycles. The van der Waals surface area contributed by atoms with Gasteiger partial charge in [-0.1, -0.05) is 0 Å². The molecule has 0 atom stereocenters. The average Bonchev–Trinajstić information content (AvgIpc) is 2.37. The zero-order valence-electron chi connectivity index (χ0n) is 12.1. The maximum Gasteiger partial charge on any atom is 0.359 e. The maximum atomic E-state index is 11.0. The Morgan fingerprint density at radius 2 is 1.80 bits per heavy atom. The third-order valence-electron chi connectivity index (χ3n) is 2.81. The van der Waals surface area contributed by atoms with Crippen LogP contribution in [-0.4, -0.2) is 55.2 Å². The predicted octanol–water partition coefficient (Wildman–Crippen LogP) is 0.297. The average molecular weight is 318 g/mol. The van der Waals surface area contributed by atoms with Gasteiger partial charge in [0.25, 0.3) is 0 Å². The molecule has 0 amide bonds. The van der Waals surface area contributed by atoms with E-state index in [1.54, 1.807) is 24.3 Å². The summed E-state index contributed by atoms with van der Waals surface area (Å²) in [6.45, 7) is 1.73. The quantitative estimate of drug-likeness (QED) is 0.424. The molecule has 0 heterocycles. The molecule has 0 fully saturated rings. The molecule has 8 heteroatoms. The van der Waals surface area contributed by atoms with E-state index in [-0.39, 0.29) is 0 Å². The number of anilines is 1. The van der Waals surface area contributed by atoms with E-state index in [2.05, 4.69) is 11.6 Å². The molecule has 0 saturated heterocycles. The van der Waals surface area contributed by atoms with Crippen molar-refractivity contribution >= 4 is 26.4 Å². The van der Waals surface area contributed by atoms with E-state index in [9.17, 15) is 8.42 Å². The minimum atomic E-state index is -4.21. The number of nitrogens with zero attached hydrogens (tertiary/aromatic N) is 2. The Balaban J connectivity index is 2.43. The molecule has 0 unspecified atom stereocenters. The van der Waals surface area contributed by atoms with Crippen molar-refractivity contribution < 1.29 is 17.7 Å². The van der Waals surface area contributed by atoms with Crippen molar-refractivity contribution in [2.45, 2.75) is 12.8 Å². The number of unbranched alkanes of at least 4 members (excludes halogenated alkanes) is 1. The third kappa shape index (κ3) is 5.91. The Hall–Kier alpha value is -1.09. The van der Waals surface area contributed by atoms with Crippen molar-refractivity contribution in [3.8, 4) is 5.75 Å². The highest BCUT2D eigenvalue weighted by Gasteiger charge is 2.13. The van der Waals surface area contributed by atoms with Gasteiger partial charge in [0.2, 0.25) is 0 Å². The van der Waals surface area contributed by atoms with Gasteiger partial charge in [-0.25, -0.2) is 0 Å². The van der Waals surface area contributed by atoms with Gasteiger partial charge in [-0.05, 0) is 50.7 Å². The number of hydrogen-bond donors (Lipinski definition) is 1. The highest BCUT2D eigenvalue weighted by Crippen LogP contribution is 2.20. The van der Waals surface area contributed by atoms with Crippen LogP contribution in [0.3, 0.4) is 0 Å². The second-order valence-corrected chi connectivity index (χ2v) is 7.77. The van der Waals surface area contributed by atoms with Gasteiger partial charge >= 0.3 is 10.3 Å². The van der Waals surface area contributed by atoms with Crippen molar-refractivity contribution in [1.82, 2.24) is 4.57 Å². The highest BCUT2D eigenvalue weighted by molar-refractivity contribution is 7.87. The molecule has 6 nitrogen and oxygen atoms in total. The minimum absolute atomic E-state index is 0.386. The van der Waals surface area contributed by atoms with Crippen LogP contribution >= 0.6 is 0 Å². The van der Waals surface area contributed by atoms with E-state index in [0.29, 0.717) is 18.0 Å². The summed E-state index contributed by atoms with van der Waals surface area (Å²) in [6, 6.07) is 6.56. The van der Waals surface area contributed by atoms with E-state index in [0.717, 1.165) is 34.1 Å². The fraction of sp³-hybridized carbons (Fsp3) is 0.500. The Labute approximate surface area is 123 Å². The van der Waals surface area contributed by atoms with Crippen molar-refractivity contribution in [2.75, 3.05) is 31.6 Å². The van der Waals surface area contributed by atoms with Crippen LogP contribution in [0.2, 0.25) is 0 Å². The SMILES string of the molecule is CN([SiH3])CCCCOc1ccc(N(C)S(=O)(=O)O)cc1. The van der Waals surface area contributed by atoms with Gasteiger partial charge in [0.15, 0.2) is 0 Å². The molecule has 0 bridgehead atoms. The highest BCUT2D eigenvalue weighted by atomic mass is 32.2. The number of benzene rings is 1. The summed E-state index contributed by atoms with van der Waals surface area (Å²) in [4.78, 5) is 0. The summed E-state index contributed by atoms with van der Waals surface area (Å²) in [7, 11) is 0.247. The first-order valence-electron chi connectivity index (χ1n) is 6.39. The van der Waals surface area contributed by atoms with Crippen LogP contribution in [-0.2, 0) is 10.3 Å². The second kappa shape index (κ2) is 7.63. The van der Waals surface area contributed by atoms with Crippen LogP contribution in [0.15, 0.2) is 24.3 Å². The molecule has 20 heavy (non-hydrogen) atoms. The van der Waals surface area contributed by atoms with Crippen molar-refractivity contribution in [3.05, 3.63) is 24.3 Å². The number of rotatable bonds is 8. The first-order chi connectivity index (χ1) is 9.30. The lowest BCUT2D eigenvalue weighted by atomic mass is 10.3. The summed E-state index contributed by atoms with van der Waals surface area (Å²) >= 11 is 0. The lowest BCUT2D eigenvalue weighted by Crippen LogP contribution is -2.25. The molecule has 0 aliphatic rings. The van der Waals surface area contributed by atoms with E-state index in [1.807, 2.05) is 0 Å². The van der Waals surface area contributed by atoms with Gasteiger partial charge in [-0.2, -0.15) is 8.42 Å². The van der Waals surface area contributed by atoms with E-state index >= 15 is 0 Å². The van der Waals surface area contributed by atoms with E-state index in [1.165, 1.54) is 7.05 Å². The van der Waals surface area contributed by atoms with Gasteiger partial charge in [0.05, 0.1) is 22.7 Å². The lowest BCUT2D eigenvalue weighted by molar-refractivity contribution is 0.301. The molecule has 0 spiro atoms. The van der Waals surface area contributed by atoms with Gasteiger partial charge in [-0.3, -0.25) is 8.86 Å². The summed E-state index contributed by atoms with van der Waals surface area (Å²) < 4.78 is 39.5. The predicted molar refractivity (Wildman–Crippen MR) is 83.7 cm³/mol. The van der Waals surface area contributed by atoms with Crippen LogP contribution in [0.25, 0.3) is 0 Å². The molecule has 114 valence electrons. The standard InChI is InChI=1S/C12H22N2O4SSi/c1-13(20)9-3-4-10-18-12-7-5-11(6-8-12)14(2)19(15,16)17/h5-8H,3-4,9-10H2,1-2,20H3,(H,15,16,17). The summed E-state index contributed by atoms with van der Waals surface area (Å²) in [6.07, 6.45) is 2.09. The first kappa shape index (κ1) is 17.0. The minimum Gasteiger partial charge on any atom is -0.494 e. The van der Waals surface area contributed by atoms with Crippen molar-refractivity contribution in [3.63, 3.8) is 0 Å². The van der Waals surface area contributed by atoms with Crippen LogP contribution in [0.5, 0.6) is 5.75 Å². The molecular formula is C12H22N2O4SSi. The summed E-state index contributed by atoms with van der Waals surface area (Å²) in [5.41, 5.74) is 0.386. The van der Waals surface area contributed by atoms with Crippen molar-refractivity contribution in [1.29, 1.82) is 0 Å². The van der Waals surface area contributed by atoms with Gasteiger partial charge in [0, 0.05) is 7.05 Å². The summed E-state index contributed by atoms with van der Waals surface area (Å²) in [5.74, 6) is 0.691. The maximum absolute atomic E-state index is 11.0. The third-order valence-corrected chi connectivity index (χ3v) is 4.16. The Kier molecular flexibility index (Phi) is 6.47. The van der Waals surface area contributed by atoms with E-state index < -0.39 is 10.3 Å². The summed E-state index contributed by atoms with van der Waals surface area (Å²) in [5, 5.41) is 0. The molecular weight excluding hydrogens is 296 g/mol. The smallest absolute Gasteiger partial charge is 0.359 e. The molecule has 1 rings (SSSR count). The molecule has 0 aromatic heterocycles. The number of hydrogen-bond acceptors (Lipinski definition) is 4. The Morgan fingerprint density at radius 3 is 2.30 bits per heavy atom. The van der Waals surface area contributed by atoms with E-state index in [4.69, 9.17) is 9.29 Å². The largest absolute Gasteiger partial charge is 0.494 e. The fourth-order valence-corrected chi connectivity index (χ4v) is 2.31. The molecule has 1 N–H and O–H groups in total. The molecule has 1 aromatic carbocycles.